The van der Waals surface area contributed by atoms with Gasteiger partial charge in [0.25, 0.3) is 0 Å². The Morgan fingerprint density at radius 1 is 1.17 bits per heavy atom. The third-order valence-electron chi connectivity index (χ3n) is 10.4. The van der Waals surface area contributed by atoms with Gasteiger partial charge in [-0.05, 0) is 49.0 Å². The lowest BCUT2D eigenvalue weighted by Crippen LogP contribution is -2.62. The fourth-order valence-electron chi connectivity index (χ4n) is 7.96. The predicted octanol–water partition coefficient (Wildman–Crippen LogP) is 3.75. The number of hydrogen-bond acceptors (Lipinski definition) is 8. The molecule has 5 aliphatic rings. The zero-order chi connectivity index (χ0) is 29.1. The molecule has 8 atom stereocenters. The van der Waals surface area contributed by atoms with Gasteiger partial charge >= 0.3 is 0 Å². The highest BCUT2D eigenvalue weighted by Gasteiger charge is 2.57. The standard InChI is InChI=1S/C32H42N2O7/c1-17-23-12-20(32(23,3)4)13-24(17)33-31(37)28-27(18(2)36)26(15-35)41-34(28)14-19-8-6-9-21(29(19)38-5)22-10-7-11-25-30(22)40-16-39-25/h6-11,17-18,20,23-24,26-28,35-36H,12-16H2,1-5H3,(H,33,37)/t17-,18-,20+,23-,24-,26-,27+,28-/m0/s1. The van der Waals surface area contributed by atoms with Crippen LogP contribution in [0.15, 0.2) is 36.4 Å². The lowest BCUT2D eigenvalue weighted by molar-refractivity contribution is -0.183. The smallest absolute Gasteiger partial charge is 0.240 e. The number of aliphatic hydroxyl groups is 2. The van der Waals surface area contributed by atoms with Crippen LogP contribution < -0.4 is 19.5 Å². The lowest BCUT2D eigenvalue weighted by atomic mass is 9.45. The van der Waals surface area contributed by atoms with E-state index in [-0.39, 0.29) is 31.9 Å². The maximum absolute atomic E-state index is 14.0. The first kappa shape index (κ1) is 28.3. The number of nitrogens with one attached hydrogen (secondary N) is 1. The Morgan fingerprint density at radius 3 is 2.61 bits per heavy atom. The number of amides is 1. The molecular formula is C32H42N2O7. The van der Waals surface area contributed by atoms with E-state index in [4.69, 9.17) is 19.0 Å². The summed E-state index contributed by atoms with van der Waals surface area (Å²) >= 11 is 0. The van der Waals surface area contributed by atoms with Gasteiger partial charge in [0.15, 0.2) is 11.5 Å². The number of rotatable bonds is 8. The van der Waals surface area contributed by atoms with Crippen molar-refractivity contribution in [1.29, 1.82) is 0 Å². The highest BCUT2D eigenvalue weighted by atomic mass is 16.7. The molecule has 4 fully saturated rings. The Kier molecular flexibility index (Phi) is 7.43. The Balaban J connectivity index is 1.29. The van der Waals surface area contributed by atoms with Gasteiger partial charge in [-0.15, -0.1) is 0 Å². The molecule has 222 valence electrons. The molecule has 2 aromatic rings. The summed E-state index contributed by atoms with van der Waals surface area (Å²) in [6.45, 7) is 8.65. The molecule has 0 spiro atoms. The zero-order valence-corrected chi connectivity index (χ0v) is 24.5. The van der Waals surface area contributed by atoms with E-state index in [0.29, 0.717) is 40.4 Å². The second kappa shape index (κ2) is 10.8. The third kappa shape index (κ3) is 4.67. The normalized spacial score (nSPS) is 32.3. The van der Waals surface area contributed by atoms with Crippen LogP contribution in [0.1, 0.15) is 46.1 Å². The number of hydroxylamine groups is 2. The number of fused-ring (bicyclic) bond motifs is 3. The van der Waals surface area contributed by atoms with Gasteiger partial charge in [0.1, 0.15) is 17.9 Å². The quantitative estimate of drug-likeness (QED) is 0.443. The van der Waals surface area contributed by atoms with Crippen LogP contribution in [0.5, 0.6) is 17.2 Å². The Labute approximate surface area is 241 Å². The molecule has 1 amide bonds. The van der Waals surface area contributed by atoms with Crippen LogP contribution in [0.4, 0.5) is 0 Å². The predicted molar refractivity (Wildman–Crippen MR) is 152 cm³/mol. The molecule has 1 saturated heterocycles. The first-order valence-corrected chi connectivity index (χ1v) is 14.7. The average Bonchev–Trinajstić information content (AvgIpc) is 3.58. The first-order valence-electron chi connectivity index (χ1n) is 14.7. The number of nitrogens with zero attached hydrogens (tertiary/aromatic N) is 1. The van der Waals surface area contributed by atoms with Crippen molar-refractivity contribution in [3.05, 3.63) is 42.0 Å². The second-order valence-electron chi connectivity index (χ2n) is 12.8. The molecule has 3 N–H and O–H groups in total. The van der Waals surface area contributed by atoms with E-state index in [9.17, 15) is 15.0 Å². The van der Waals surface area contributed by atoms with Crippen LogP contribution in [0.3, 0.4) is 0 Å². The number of para-hydroxylation sites is 2. The molecule has 7 rings (SSSR count). The zero-order valence-electron chi connectivity index (χ0n) is 24.5. The molecule has 0 aromatic heterocycles. The fourth-order valence-corrected chi connectivity index (χ4v) is 7.96. The first-order chi connectivity index (χ1) is 19.6. The number of benzene rings is 2. The minimum absolute atomic E-state index is 0.0733. The maximum atomic E-state index is 14.0. The van der Waals surface area contributed by atoms with Crippen LogP contribution in [-0.2, 0) is 16.2 Å². The summed E-state index contributed by atoms with van der Waals surface area (Å²) in [4.78, 5) is 20.2. The monoisotopic (exact) mass is 566 g/mol. The van der Waals surface area contributed by atoms with Gasteiger partial charge in [0.2, 0.25) is 12.7 Å². The number of ether oxygens (including phenoxy) is 3. The van der Waals surface area contributed by atoms with Crippen molar-refractivity contribution < 1.29 is 34.1 Å². The lowest BCUT2D eigenvalue weighted by Gasteiger charge is -2.62. The van der Waals surface area contributed by atoms with E-state index in [2.05, 4.69) is 26.1 Å². The molecule has 9 nitrogen and oxygen atoms in total. The Bertz CT molecular complexity index is 1300. The summed E-state index contributed by atoms with van der Waals surface area (Å²) in [6.07, 6.45) is 0.607. The Hall–Kier alpha value is -2.85. The van der Waals surface area contributed by atoms with E-state index < -0.39 is 24.2 Å². The molecule has 3 aliphatic carbocycles. The summed E-state index contributed by atoms with van der Waals surface area (Å²) in [6, 6.07) is 10.9. The fraction of sp³-hybridized carbons (Fsp3) is 0.594. The van der Waals surface area contributed by atoms with Crippen LogP contribution in [-0.4, -0.2) is 66.0 Å². The number of hydrogen-bond donors (Lipinski definition) is 3. The van der Waals surface area contributed by atoms with Crippen molar-refractivity contribution in [1.82, 2.24) is 10.4 Å². The van der Waals surface area contributed by atoms with Crippen LogP contribution in [0, 0.1) is 29.1 Å². The number of carbonyl (C=O) groups is 1. The summed E-state index contributed by atoms with van der Waals surface area (Å²) in [5, 5.41) is 25.9. The molecule has 2 aromatic carbocycles. The third-order valence-corrected chi connectivity index (χ3v) is 10.4. The topological polar surface area (TPSA) is 110 Å². The van der Waals surface area contributed by atoms with Crippen molar-refractivity contribution in [2.24, 2.45) is 29.1 Å². The van der Waals surface area contributed by atoms with Crippen LogP contribution >= 0.6 is 0 Å². The van der Waals surface area contributed by atoms with Gasteiger partial charge in [-0.3, -0.25) is 9.63 Å². The molecule has 0 radical (unpaired) electrons. The van der Waals surface area contributed by atoms with Crippen molar-refractivity contribution in [2.45, 2.75) is 71.4 Å². The highest BCUT2D eigenvalue weighted by Crippen LogP contribution is 2.61. The molecule has 9 heteroatoms. The average molecular weight is 567 g/mol. The molecule has 2 heterocycles. The molecule has 0 unspecified atom stereocenters. The van der Waals surface area contributed by atoms with Crippen molar-refractivity contribution in [3.63, 3.8) is 0 Å². The molecule has 41 heavy (non-hydrogen) atoms. The summed E-state index contributed by atoms with van der Waals surface area (Å²) in [5.41, 5.74) is 2.79. The van der Waals surface area contributed by atoms with Crippen molar-refractivity contribution in [3.8, 4) is 28.4 Å². The van der Waals surface area contributed by atoms with Gasteiger partial charge in [-0.1, -0.05) is 51.1 Å². The highest BCUT2D eigenvalue weighted by molar-refractivity contribution is 5.83. The van der Waals surface area contributed by atoms with Gasteiger partial charge in [0, 0.05) is 28.7 Å². The molecule has 2 bridgehead atoms. The minimum Gasteiger partial charge on any atom is -0.496 e. The summed E-state index contributed by atoms with van der Waals surface area (Å²) in [5.74, 6) is 2.75. The van der Waals surface area contributed by atoms with E-state index in [1.165, 1.54) is 6.42 Å². The van der Waals surface area contributed by atoms with E-state index in [1.54, 1.807) is 19.1 Å². The van der Waals surface area contributed by atoms with Gasteiger partial charge < -0.3 is 29.7 Å². The number of carbonyl (C=O) groups excluding carboxylic acids is 1. The maximum Gasteiger partial charge on any atom is 0.240 e. The van der Waals surface area contributed by atoms with E-state index >= 15 is 0 Å². The molecular weight excluding hydrogens is 524 g/mol. The van der Waals surface area contributed by atoms with Crippen molar-refractivity contribution in [2.75, 3.05) is 20.5 Å². The molecule has 2 aliphatic heterocycles. The van der Waals surface area contributed by atoms with Gasteiger partial charge in [0.05, 0.1) is 26.4 Å². The van der Waals surface area contributed by atoms with Crippen molar-refractivity contribution >= 4 is 5.91 Å². The van der Waals surface area contributed by atoms with Crippen LogP contribution in [0.2, 0.25) is 0 Å². The van der Waals surface area contributed by atoms with Gasteiger partial charge in [-0.25, -0.2) is 0 Å². The minimum atomic E-state index is -0.860. The SMILES string of the molecule is COc1c(CN2O[C@@H](CO)[C@@H]([C@H](C)O)[C@H]2C(=O)N[C@H]2C[C@H]3C[C@@H]([C@@H]2C)C3(C)C)cccc1-c1cccc2c1OCO2. The summed E-state index contributed by atoms with van der Waals surface area (Å²) in [7, 11) is 1.62. The number of methoxy groups -OCH3 is 1. The van der Waals surface area contributed by atoms with Gasteiger partial charge in [-0.2, -0.15) is 5.06 Å². The molecule has 3 saturated carbocycles. The largest absolute Gasteiger partial charge is 0.496 e. The van der Waals surface area contributed by atoms with E-state index in [0.717, 1.165) is 23.1 Å². The Morgan fingerprint density at radius 2 is 1.93 bits per heavy atom. The number of aliphatic hydroxyl groups excluding tert-OH is 2. The van der Waals surface area contributed by atoms with E-state index in [1.807, 2.05) is 36.4 Å². The van der Waals surface area contributed by atoms with Crippen LogP contribution in [0.25, 0.3) is 11.1 Å². The summed E-state index contributed by atoms with van der Waals surface area (Å²) < 4.78 is 17.3. The second-order valence-corrected chi connectivity index (χ2v) is 12.8.